The molecule has 1 aromatic rings. The summed E-state index contributed by atoms with van der Waals surface area (Å²) in [7, 11) is 0. The summed E-state index contributed by atoms with van der Waals surface area (Å²) in [6, 6.07) is 9.08. The summed E-state index contributed by atoms with van der Waals surface area (Å²) in [5, 5.41) is 13.4. The highest BCUT2D eigenvalue weighted by atomic mass is 32.2. The predicted molar refractivity (Wildman–Crippen MR) is 80.1 cm³/mol. The Labute approximate surface area is 115 Å². The summed E-state index contributed by atoms with van der Waals surface area (Å²) < 4.78 is 0. The Morgan fingerprint density at radius 3 is 2.39 bits per heavy atom. The molecule has 0 saturated carbocycles. The van der Waals surface area contributed by atoms with Crippen LogP contribution in [0.15, 0.2) is 29.2 Å². The molecule has 0 fully saturated rings. The van der Waals surface area contributed by atoms with Crippen molar-refractivity contribution >= 4 is 11.8 Å². The Morgan fingerprint density at radius 1 is 1.28 bits per heavy atom. The monoisotopic (exact) mass is 267 g/mol. The zero-order valence-electron chi connectivity index (χ0n) is 11.9. The summed E-state index contributed by atoms with van der Waals surface area (Å²) in [6.07, 6.45) is 0.788. The molecule has 0 aromatic heterocycles. The lowest BCUT2D eigenvalue weighted by molar-refractivity contribution is 0.0816. The Hall–Kier alpha value is -0.510. The Kier molecular flexibility index (Phi) is 6.19. The largest absolute Gasteiger partial charge is 0.389 e. The highest BCUT2D eigenvalue weighted by Gasteiger charge is 2.17. The van der Waals surface area contributed by atoms with Gasteiger partial charge in [-0.2, -0.15) is 0 Å². The minimum absolute atomic E-state index is 0.513. The van der Waals surface area contributed by atoms with Gasteiger partial charge < -0.3 is 10.4 Å². The van der Waals surface area contributed by atoms with Crippen molar-refractivity contribution in [3.63, 3.8) is 0 Å². The van der Waals surface area contributed by atoms with Crippen LogP contribution in [0.1, 0.15) is 39.7 Å². The molecule has 1 unspecified atom stereocenters. The SMILES string of the molecule is CCC(C)(O)CSc1ccc(CNC(C)C)cc1. The van der Waals surface area contributed by atoms with Gasteiger partial charge in [-0.3, -0.25) is 0 Å². The number of benzene rings is 1. The van der Waals surface area contributed by atoms with E-state index in [2.05, 4.69) is 43.4 Å². The maximum absolute atomic E-state index is 9.95. The van der Waals surface area contributed by atoms with Gasteiger partial charge in [0, 0.05) is 23.2 Å². The summed E-state index contributed by atoms with van der Waals surface area (Å²) in [4.78, 5) is 1.22. The first-order chi connectivity index (χ1) is 8.43. The molecule has 0 spiro atoms. The van der Waals surface area contributed by atoms with Crippen LogP contribution >= 0.6 is 11.8 Å². The number of aliphatic hydroxyl groups is 1. The minimum Gasteiger partial charge on any atom is -0.389 e. The fourth-order valence-electron chi connectivity index (χ4n) is 1.37. The highest BCUT2D eigenvalue weighted by molar-refractivity contribution is 7.99. The van der Waals surface area contributed by atoms with Crippen LogP contribution in [-0.2, 0) is 6.54 Å². The van der Waals surface area contributed by atoms with Crippen LogP contribution in [0.3, 0.4) is 0 Å². The third-order valence-electron chi connectivity index (χ3n) is 2.95. The van der Waals surface area contributed by atoms with E-state index in [-0.39, 0.29) is 0 Å². The molecule has 0 aliphatic carbocycles. The maximum atomic E-state index is 9.95. The third kappa shape index (κ3) is 5.89. The fourth-order valence-corrected chi connectivity index (χ4v) is 2.38. The van der Waals surface area contributed by atoms with Crippen LogP contribution in [0.5, 0.6) is 0 Å². The van der Waals surface area contributed by atoms with Gasteiger partial charge in [-0.05, 0) is 31.0 Å². The van der Waals surface area contributed by atoms with Crippen molar-refractivity contribution in [1.29, 1.82) is 0 Å². The topological polar surface area (TPSA) is 32.3 Å². The van der Waals surface area contributed by atoms with E-state index in [1.54, 1.807) is 11.8 Å². The summed E-state index contributed by atoms with van der Waals surface area (Å²) >= 11 is 1.71. The maximum Gasteiger partial charge on any atom is 0.0710 e. The molecular formula is C15H25NOS. The zero-order chi connectivity index (χ0) is 13.6. The number of hydrogen-bond donors (Lipinski definition) is 2. The average Bonchev–Trinajstić information content (AvgIpc) is 2.35. The average molecular weight is 267 g/mol. The molecule has 0 heterocycles. The van der Waals surface area contributed by atoms with Crippen LogP contribution in [0.25, 0.3) is 0 Å². The number of nitrogens with one attached hydrogen (secondary N) is 1. The van der Waals surface area contributed by atoms with Crippen molar-refractivity contribution in [3.8, 4) is 0 Å². The van der Waals surface area contributed by atoms with Gasteiger partial charge in [0.25, 0.3) is 0 Å². The van der Waals surface area contributed by atoms with Crippen LogP contribution < -0.4 is 5.32 Å². The van der Waals surface area contributed by atoms with Gasteiger partial charge in [0.15, 0.2) is 0 Å². The first-order valence-electron chi connectivity index (χ1n) is 6.60. The quantitative estimate of drug-likeness (QED) is 0.742. The second-order valence-corrected chi connectivity index (χ2v) is 6.37. The first-order valence-corrected chi connectivity index (χ1v) is 7.59. The number of hydrogen-bond acceptors (Lipinski definition) is 3. The normalized spacial score (nSPS) is 14.8. The lowest BCUT2D eigenvalue weighted by atomic mass is 10.1. The van der Waals surface area contributed by atoms with Gasteiger partial charge in [-0.1, -0.05) is 32.9 Å². The van der Waals surface area contributed by atoms with E-state index in [0.29, 0.717) is 6.04 Å². The molecule has 0 aliphatic rings. The number of rotatable bonds is 7. The van der Waals surface area contributed by atoms with E-state index in [9.17, 15) is 5.11 Å². The van der Waals surface area contributed by atoms with Gasteiger partial charge >= 0.3 is 0 Å². The van der Waals surface area contributed by atoms with Crippen LogP contribution in [0.4, 0.5) is 0 Å². The smallest absolute Gasteiger partial charge is 0.0710 e. The highest BCUT2D eigenvalue weighted by Crippen LogP contribution is 2.24. The summed E-state index contributed by atoms with van der Waals surface area (Å²) in [5.74, 6) is 0.743. The zero-order valence-corrected chi connectivity index (χ0v) is 12.7. The lowest BCUT2D eigenvalue weighted by Gasteiger charge is -2.20. The molecule has 0 saturated heterocycles. The van der Waals surface area contributed by atoms with E-state index in [0.717, 1.165) is 18.7 Å². The number of thioether (sulfide) groups is 1. The first kappa shape index (κ1) is 15.5. The van der Waals surface area contributed by atoms with Crippen molar-refractivity contribution in [3.05, 3.63) is 29.8 Å². The minimum atomic E-state index is -0.567. The molecule has 1 rings (SSSR count). The second-order valence-electron chi connectivity index (χ2n) is 5.32. The van der Waals surface area contributed by atoms with Crippen molar-refractivity contribution in [2.24, 2.45) is 0 Å². The fraction of sp³-hybridized carbons (Fsp3) is 0.600. The Morgan fingerprint density at radius 2 is 1.89 bits per heavy atom. The van der Waals surface area contributed by atoms with Gasteiger partial charge in [0.05, 0.1) is 5.60 Å². The van der Waals surface area contributed by atoms with Crippen molar-refractivity contribution < 1.29 is 5.11 Å². The third-order valence-corrected chi connectivity index (χ3v) is 4.32. The van der Waals surface area contributed by atoms with Gasteiger partial charge in [-0.15, -0.1) is 11.8 Å². The molecule has 0 radical (unpaired) electrons. The van der Waals surface area contributed by atoms with Crippen LogP contribution in [-0.4, -0.2) is 22.5 Å². The molecule has 0 amide bonds. The predicted octanol–water partition coefficient (Wildman–Crippen LogP) is 3.44. The van der Waals surface area contributed by atoms with E-state index in [4.69, 9.17) is 0 Å². The molecular weight excluding hydrogens is 242 g/mol. The molecule has 1 aromatic carbocycles. The summed E-state index contributed by atoms with van der Waals surface area (Å²) in [5.41, 5.74) is 0.734. The van der Waals surface area contributed by atoms with Crippen LogP contribution in [0.2, 0.25) is 0 Å². The van der Waals surface area contributed by atoms with E-state index < -0.39 is 5.60 Å². The van der Waals surface area contributed by atoms with Gasteiger partial charge in [-0.25, -0.2) is 0 Å². The van der Waals surface area contributed by atoms with E-state index in [1.165, 1.54) is 10.5 Å². The van der Waals surface area contributed by atoms with Crippen LogP contribution in [0, 0.1) is 0 Å². The lowest BCUT2D eigenvalue weighted by Crippen LogP contribution is -2.25. The van der Waals surface area contributed by atoms with Gasteiger partial charge in [0.1, 0.15) is 0 Å². The standard InChI is InChI=1S/C15H25NOS/c1-5-15(4,17)11-18-14-8-6-13(7-9-14)10-16-12(2)3/h6-9,12,16-17H,5,10-11H2,1-4H3. The van der Waals surface area contributed by atoms with E-state index in [1.807, 2.05) is 13.8 Å². The molecule has 2 N–H and O–H groups in total. The van der Waals surface area contributed by atoms with Crippen molar-refractivity contribution in [1.82, 2.24) is 5.32 Å². The summed E-state index contributed by atoms with van der Waals surface area (Å²) in [6.45, 7) is 9.12. The van der Waals surface area contributed by atoms with Crippen molar-refractivity contribution in [2.45, 2.75) is 57.2 Å². The Bertz CT molecular complexity index is 346. The molecule has 102 valence electrons. The van der Waals surface area contributed by atoms with E-state index >= 15 is 0 Å². The molecule has 2 nitrogen and oxygen atoms in total. The molecule has 0 bridgehead atoms. The molecule has 0 aliphatic heterocycles. The molecule has 1 atom stereocenters. The molecule has 18 heavy (non-hydrogen) atoms. The second kappa shape index (κ2) is 7.17. The molecule has 3 heteroatoms. The van der Waals surface area contributed by atoms with Crippen molar-refractivity contribution in [2.75, 3.05) is 5.75 Å². The van der Waals surface area contributed by atoms with Gasteiger partial charge in [0.2, 0.25) is 0 Å². The Balaban J connectivity index is 2.45.